The van der Waals surface area contributed by atoms with Crippen molar-refractivity contribution in [2.24, 2.45) is 5.10 Å². The van der Waals surface area contributed by atoms with Crippen molar-refractivity contribution in [3.63, 3.8) is 0 Å². The van der Waals surface area contributed by atoms with Gasteiger partial charge in [-0.05, 0) is 49.7 Å². The summed E-state index contributed by atoms with van der Waals surface area (Å²) in [4.78, 5) is 17.9. The number of carbonyl (C=O) groups is 1. The first-order chi connectivity index (χ1) is 14.0. The molecule has 6 heteroatoms. The SMILES string of the molecule is Cc1ccc(/C=N/N(C(=O)c2ccc(C)cc2)c2nc3ccc(Br)cc3s2)cc1. The minimum absolute atomic E-state index is 0.216. The summed E-state index contributed by atoms with van der Waals surface area (Å²) in [7, 11) is 0. The topological polar surface area (TPSA) is 45.6 Å². The largest absolute Gasteiger partial charge is 0.280 e. The molecule has 0 fully saturated rings. The number of anilines is 1. The first-order valence-corrected chi connectivity index (χ1v) is 10.7. The van der Waals surface area contributed by atoms with E-state index in [-0.39, 0.29) is 5.91 Å². The molecule has 3 aromatic carbocycles. The second kappa shape index (κ2) is 8.27. The Kier molecular flexibility index (Phi) is 5.56. The minimum Gasteiger partial charge on any atom is -0.267 e. The summed E-state index contributed by atoms with van der Waals surface area (Å²) in [6.45, 7) is 4.03. The number of hydrazone groups is 1. The summed E-state index contributed by atoms with van der Waals surface area (Å²) in [5.41, 5.74) is 4.59. The minimum atomic E-state index is -0.216. The van der Waals surface area contributed by atoms with Gasteiger partial charge in [0.15, 0.2) is 0 Å². The molecule has 0 atom stereocenters. The number of amides is 1. The molecule has 0 aliphatic heterocycles. The molecule has 0 aliphatic carbocycles. The Morgan fingerprint density at radius 2 is 1.66 bits per heavy atom. The van der Waals surface area contributed by atoms with Crippen molar-refractivity contribution >= 4 is 54.7 Å². The van der Waals surface area contributed by atoms with Crippen LogP contribution in [0.5, 0.6) is 0 Å². The number of thiazole rings is 1. The number of carbonyl (C=O) groups excluding carboxylic acids is 1. The second-order valence-electron chi connectivity index (χ2n) is 6.75. The normalized spacial score (nSPS) is 11.3. The van der Waals surface area contributed by atoms with Crippen molar-refractivity contribution in [1.29, 1.82) is 0 Å². The van der Waals surface area contributed by atoms with Gasteiger partial charge < -0.3 is 0 Å². The van der Waals surface area contributed by atoms with Gasteiger partial charge in [-0.2, -0.15) is 10.1 Å². The predicted molar refractivity (Wildman–Crippen MR) is 124 cm³/mol. The molecule has 29 heavy (non-hydrogen) atoms. The van der Waals surface area contributed by atoms with Crippen molar-refractivity contribution in [3.8, 4) is 0 Å². The maximum atomic E-state index is 13.2. The van der Waals surface area contributed by atoms with E-state index in [9.17, 15) is 4.79 Å². The Bertz CT molecular complexity index is 1200. The Morgan fingerprint density at radius 3 is 2.34 bits per heavy atom. The first kappa shape index (κ1) is 19.5. The zero-order valence-electron chi connectivity index (χ0n) is 16.0. The van der Waals surface area contributed by atoms with E-state index in [4.69, 9.17) is 0 Å². The van der Waals surface area contributed by atoms with Gasteiger partial charge in [-0.25, -0.2) is 4.98 Å². The van der Waals surface area contributed by atoms with Gasteiger partial charge in [0.1, 0.15) is 0 Å². The average molecular weight is 464 g/mol. The van der Waals surface area contributed by atoms with Crippen molar-refractivity contribution < 1.29 is 4.79 Å². The number of benzene rings is 3. The molecular weight excluding hydrogens is 446 g/mol. The third kappa shape index (κ3) is 4.44. The first-order valence-electron chi connectivity index (χ1n) is 9.07. The maximum Gasteiger partial charge on any atom is 0.280 e. The van der Waals surface area contributed by atoms with Crippen LogP contribution in [0.25, 0.3) is 10.2 Å². The maximum absolute atomic E-state index is 13.2. The smallest absolute Gasteiger partial charge is 0.267 e. The highest BCUT2D eigenvalue weighted by atomic mass is 79.9. The van der Waals surface area contributed by atoms with Crippen molar-refractivity contribution in [2.75, 3.05) is 5.01 Å². The number of halogens is 1. The average Bonchev–Trinajstić information content (AvgIpc) is 3.12. The van der Waals surface area contributed by atoms with Crippen LogP contribution in [0.2, 0.25) is 0 Å². The second-order valence-corrected chi connectivity index (χ2v) is 8.67. The third-order valence-corrected chi connectivity index (χ3v) is 5.90. The molecule has 1 amide bonds. The zero-order chi connectivity index (χ0) is 20.4. The quantitative estimate of drug-likeness (QED) is 0.261. The van der Waals surface area contributed by atoms with Crippen LogP contribution in [0.15, 0.2) is 76.3 Å². The summed E-state index contributed by atoms with van der Waals surface area (Å²) < 4.78 is 1.96. The van der Waals surface area contributed by atoms with Gasteiger partial charge >= 0.3 is 0 Å². The van der Waals surface area contributed by atoms with Gasteiger partial charge in [0, 0.05) is 10.0 Å². The molecule has 1 aromatic heterocycles. The van der Waals surface area contributed by atoms with E-state index >= 15 is 0 Å². The lowest BCUT2D eigenvalue weighted by Gasteiger charge is -2.14. The fourth-order valence-electron chi connectivity index (χ4n) is 2.76. The molecular formula is C23H18BrN3OS. The molecule has 4 nitrogen and oxygen atoms in total. The Labute approximate surface area is 181 Å². The van der Waals surface area contributed by atoms with Crippen LogP contribution >= 0.6 is 27.3 Å². The summed E-state index contributed by atoms with van der Waals surface area (Å²) in [6, 6.07) is 21.3. The molecule has 0 saturated heterocycles. The third-order valence-electron chi connectivity index (χ3n) is 4.41. The van der Waals surface area contributed by atoms with E-state index < -0.39 is 0 Å². The van der Waals surface area contributed by atoms with Gasteiger partial charge in [-0.3, -0.25) is 4.79 Å². The fraction of sp³-hybridized carbons (Fsp3) is 0.0870. The number of nitrogens with zero attached hydrogens (tertiary/aromatic N) is 3. The van der Waals surface area contributed by atoms with Crippen LogP contribution in [-0.4, -0.2) is 17.1 Å². The van der Waals surface area contributed by atoms with Gasteiger partial charge in [0.05, 0.1) is 16.4 Å². The molecule has 0 unspecified atom stereocenters. The van der Waals surface area contributed by atoms with Crippen molar-refractivity contribution in [2.45, 2.75) is 13.8 Å². The highest BCUT2D eigenvalue weighted by Crippen LogP contribution is 2.32. The van der Waals surface area contributed by atoms with Crippen molar-refractivity contribution in [3.05, 3.63) is 93.5 Å². The predicted octanol–water partition coefficient (Wildman–Crippen LogP) is 6.36. The molecule has 0 aliphatic rings. The van der Waals surface area contributed by atoms with Crippen LogP contribution in [0.3, 0.4) is 0 Å². The molecule has 4 aromatic rings. The molecule has 144 valence electrons. The molecule has 4 rings (SSSR count). The van der Waals surface area contributed by atoms with E-state index in [1.54, 1.807) is 6.21 Å². The van der Waals surface area contributed by atoms with Crippen molar-refractivity contribution in [1.82, 2.24) is 4.98 Å². The molecule has 0 N–H and O–H groups in total. The highest BCUT2D eigenvalue weighted by molar-refractivity contribution is 9.10. The van der Waals surface area contributed by atoms with E-state index in [1.807, 2.05) is 80.6 Å². The van der Waals surface area contributed by atoms with Gasteiger partial charge in [0.2, 0.25) is 5.13 Å². The number of hydrogen-bond donors (Lipinski definition) is 0. The standard InChI is InChI=1S/C23H18BrN3OS/c1-15-3-7-17(8-4-15)14-25-27(22(28)18-9-5-16(2)6-10-18)23-26-20-12-11-19(24)13-21(20)29-23/h3-14H,1-2H3/b25-14+. The van der Waals surface area contributed by atoms with E-state index in [2.05, 4.69) is 26.0 Å². The van der Waals surface area contributed by atoms with Crippen LogP contribution in [0, 0.1) is 13.8 Å². The summed E-state index contributed by atoms with van der Waals surface area (Å²) in [5.74, 6) is -0.216. The van der Waals surface area contributed by atoms with Crippen LogP contribution in [0.1, 0.15) is 27.0 Å². The Hall–Kier alpha value is -2.83. The van der Waals surface area contributed by atoms with Gasteiger partial charge in [-0.1, -0.05) is 74.8 Å². The Balaban J connectivity index is 1.75. The molecule has 1 heterocycles. The van der Waals surface area contributed by atoms with E-state index in [0.717, 1.165) is 25.8 Å². The summed E-state index contributed by atoms with van der Waals surface area (Å²) in [6.07, 6.45) is 1.69. The van der Waals surface area contributed by atoms with Gasteiger partial charge in [0.25, 0.3) is 5.91 Å². The van der Waals surface area contributed by atoms with E-state index in [1.165, 1.54) is 21.9 Å². The molecule has 0 spiro atoms. The highest BCUT2D eigenvalue weighted by Gasteiger charge is 2.21. The Morgan fingerprint density at radius 1 is 1.00 bits per heavy atom. The number of hydrogen-bond acceptors (Lipinski definition) is 4. The molecule has 0 radical (unpaired) electrons. The van der Waals surface area contributed by atoms with Crippen LogP contribution < -0.4 is 5.01 Å². The zero-order valence-corrected chi connectivity index (χ0v) is 18.4. The number of aromatic nitrogens is 1. The molecule has 0 bridgehead atoms. The number of fused-ring (bicyclic) bond motifs is 1. The monoisotopic (exact) mass is 463 g/mol. The summed E-state index contributed by atoms with van der Waals surface area (Å²) >= 11 is 4.92. The lowest BCUT2D eigenvalue weighted by molar-refractivity contribution is 0.0988. The summed E-state index contributed by atoms with van der Waals surface area (Å²) in [5, 5.41) is 6.42. The molecule has 0 saturated carbocycles. The van der Waals surface area contributed by atoms with Crippen LogP contribution in [-0.2, 0) is 0 Å². The van der Waals surface area contributed by atoms with Gasteiger partial charge in [-0.15, -0.1) is 0 Å². The lowest BCUT2D eigenvalue weighted by atomic mass is 10.1. The van der Waals surface area contributed by atoms with Crippen LogP contribution in [0.4, 0.5) is 5.13 Å². The lowest BCUT2D eigenvalue weighted by Crippen LogP contribution is -2.25. The number of rotatable bonds is 4. The van der Waals surface area contributed by atoms with E-state index in [0.29, 0.717) is 10.7 Å². The number of aryl methyl sites for hydroxylation is 2. The fourth-order valence-corrected chi connectivity index (χ4v) is 4.23.